The second-order valence-electron chi connectivity index (χ2n) is 6.92. The molecule has 0 bridgehead atoms. The summed E-state index contributed by atoms with van der Waals surface area (Å²) in [6.07, 6.45) is 3.69. The number of hydrogen-bond acceptors (Lipinski definition) is 3. The first-order chi connectivity index (χ1) is 11.5. The Hall–Kier alpha value is -1.30. The number of rotatable bonds is 9. The van der Waals surface area contributed by atoms with Crippen molar-refractivity contribution < 1.29 is 4.79 Å². The van der Waals surface area contributed by atoms with E-state index in [1.807, 2.05) is 4.90 Å². The fourth-order valence-electron chi connectivity index (χ4n) is 2.82. The molecule has 1 amide bonds. The molecule has 0 aromatic heterocycles. The van der Waals surface area contributed by atoms with Gasteiger partial charge in [0.2, 0.25) is 5.91 Å². The minimum absolute atomic E-state index is 0.187. The smallest absolute Gasteiger partial charge is 0.219 e. The van der Waals surface area contributed by atoms with E-state index < -0.39 is 0 Å². The van der Waals surface area contributed by atoms with E-state index in [-0.39, 0.29) is 5.91 Å². The lowest BCUT2D eigenvalue weighted by atomic mass is 10.1. The van der Waals surface area contributed by atoms with Crippen LogP contribution in [0.3, 0.4) is 0 Å². The number of piperazine rings is 1. The topological polar surface area (TPSA) is 60.0 Å². The normalized spacial score (nSPS) is 16.5. The zero-order valence-electron chi connectivity index (χ0n) is 16.1. The summed E-state index contributed by atoms with van der Waals surface area (Å²) in [5.41, 5.74) is 0. The Morgan fingerprint density at radius 1 is 1.12 bits per heavy atom. The lowest BCUT2D eigenvalue weighted by Gasteiger charge is -2.34. The number of carbonyl (C=O) groups is 1. The van der Waals surface area contributed by atoms with Crippen LogP contribution in [0.5, 0.6) is 0 Å². The van der Waals surface area contributed by atoms with Crippen LogP contribution < -0.4 is 10.6 Å². The second kappa shape index (κ2) is 12.1. The van der Waals surface area contributed by atoms with Gasteiger partial charge in [-0.2, -0.15) is 0 Å². The van der Waals surface area contributed by atoms with Crippen LogP contribution in [0.25, 0.3) is 0 Å². The van der Waals surface area contributed by atoms with Gasteiger partial charge >= 0.3 is 0 Å². The Morgan fingerprint density at radius 3 is 2.42 bits per heavy atom. The highest BCUT2D eigenvalue weighted by Gasteiger charge is 2.17. The fourth-order valence-corrected chi connectivity index (χ4v) is 2.82. The molecule has 0 saturated carbocycles. The van der Waals surface area contributed by atoms with Crippen LogP contribution in [-0.2, 0) is 4.79 Å². The quantitative estimate of drug-likeness (QED) is 0.380. The van der Waals surface area contributed by atoms with Crippen LogP contribution in [0.2, 0.25) is 0 Å². The zero-order valence-corrected chi connectivity index (χ0v) is 16.1. The largest absolute Gasteiger partial charge is 0.357 e. The first-order valence-corrected chi connectivity index (χ1v) is 9.53. The molecule has 24 heavy (non-hydrogen) atoms. The number of guanidine groups is 1. The maximum absolute atomic E-state index is 11.3. The molecule has 0 aromatic carbocycles. The average Bonchev–Trinajstić information content (AvgIpc) is 2.54. The van der Waals surface area contributed by atoms with Crippen LogP contribution in [0, 0.1) is 5.92 Å². The molecule has 0 aromatic rings. The van der Waals surface area contributed by atoms with Crippen molar-refractivity contribution in [3.63, 3.8) is 0 Å². The predicted octanol–water partition coefficient (Wildman–Crippen LogP) is 1.53. The molecule has 0 atom stereocenters. The highest BCUT2D eigenvalue weighted by Crippen LogP contribution is 2.05. The average molecular weight is 340 g/mol. The lowest BCUT2D eigenvalue weighted by molar-refractivity contribution is -0.130. The third-order valence-electron chi connectivity index (χ3n) is 4.34. The summed E-state index contributed by atoms with van der Waals surface area (Å²) in [6, 6.07) is 0. The van der Waals surface area contributed by atoms with Crippen LogP contribution in [-0.4, -0.2) is 74.0 Å². The van der Waals surface area contributed by atoms with Crippen molar-refractivity contribution in [3.8, 4) is 0 Å². The Balaban J connectivity index is 2.20. The van der Waals surface area contributed by atoms with E-state index >= 15 is 0 Å². The van der Waals surface area contributed by atoms with E-state index in [0.717, 1.165) is 70.7 Å². The number of aliphatic imine (C=N–C) groups is 1. The molecule has 140 valence electrons. The number of carbonyl (C=O) groups excluding carboxylic acids is 1. The summed E-state index contributed by atoms with van der Waals surface area (Å²) in [7, 11) is 0. The number of nitrogens with zero attached hydrogens (tertiary/aromatic N) is 3. The van der Waals surface area contributed by atoms with Gasteiger partial charge in [-0.15, -0.1) is 0 Å². The predicted molar refractivity (Wildman–Crippen MR) is 101 cm³/mol. The van der Waals surface area contributed by atoms with Crippen LogP contribution in [0.4, 0.5) is 0 Å². The molecule has 0 radical (unpaired) electrons. The van der Waals surface area contributed by atoms with E-state index in [1.165, 1.54) is 12.8 Å². The maximum atomic E-state index is 11.3. The standard InChI is InChI=1S/C18H37N5O/c1-5-19-18(20-9-7-6-8-16(2)3)21-10-11-22-12-14-23(15-13-22)17(4)24/h16H,5-15H2,1-4H3,(H2,19,20,21). The van der Waals surface area contributed by atoms with Gasteiger partial charge in [0, 0.05) is 59.3 Å². The minimum atomic E-state index is 0.187. The van der Waals surface area contributed by atoms with Gasteiger partial charge in [0.1, 0.15) is 0 Å². The van der Waals surface area contributed by atoms with Gasteiger partial charge in [0.05, 0.1) is 0 Å². The second-order valence-corrected chi connectivity index (χ2v) is 6.92. The van der Waals surface area contributed by atoms with E-state index in [4.69, 9.17) is 0 Å². The molecule has 1 saturated heterocycles. The van der Waals surface area contributed by atoms with Crippen LogP contribution >= 0.6 is 0 Å². The van der Waals surface area contributed by atoms with E-state index in [9.17, 15) is 4.79 Å². The van der Waals surface area contributed by atoms with Crippen molar-refractivity contribution in [2.75, 3.05) is 52.4 Å². The van der Waals surface area contributed by atoms with E-state index in [2.05, 4.69) is 41.3 Å². The van der Waals surface area contributed by atoms with Gasteiger partial charge in [-0.25, -0.2) is 0 Å². The Morgan fingerprint density at radius 2 is 1.83 bits per heavy atom. The number of unbranched alkanes of at least 4 members (excludes halogenated alkanes) is 1. The first kappa shape index (κ1) is 20.7. The first-order valence-electron chi connectivity index (χ1n) is 9.53. The van der Waals surface area contributed by atoms with E-state index in [0.29, 0.717) is 0 Å². The molecule has 2 N–H and O–H groups in total. The highest BCUT2D eigenvalue weighted by atomic mass is 16.2. The van der Waals surface area contributed by atoms with Gasteiger partial charge in [-0.3, -0.25) is 14.7 Å². The number of hydrogen-bond donors (Lipinski definition) is 2. The van der Waals surface area contributed by atoms with Crippen molar-refractivity contribution in [3.05, 3.63) is 0 Å². The molecule has 0 spiro atoms. The van der Waals surface area contributed by atoms with Gasteiger partial charge in [-0.1, -0.05) is 26.7 Å². The van der Waals surface area contributed by atoms with Crippen molar-refractivity contribution in [2.24, 2.45) is 10.9 Å². The lowest BCUT2D eigenvalue weighted by Crippen LogP contribution is -2.50. The van der Waals surface area contributed by atoms with Crippen molar-refractivity contribution >= 4 is 11.9 Å². The van der Waals surface area contributed by atoms with Crippen molar-refractivity contribution in [1.82, 2.24) is 20.4 Å². The van der Waals surface area contributed by atoms with Gasteiger partial charge in [0.15, 0.2) is 5.96 Å². The summed E-state index contributed by atoms with van der Waals surface area (Å²) in [6.45, 7) is 15.5. The van der Waals surface area contributed by atoms with Gasteiger partial charge in [-0.05, 0) is 19.3 Å². The molecule has 1 heterocycles. The minimum Gasteiger partial charge on any atom is -0.357 e. The number of nitrogens with one attached hydrogen (secondary N) is 2. The molecule has 1 fully saturated rings. The highest BCUT2D eigenvalue weighted by molar-refractivity contribution is 5.79. The third kappa shape index (κ3) is 9.11. The van der Waals surface area contributed by atoms with Crippen LogP contribution in [0.15, 0.2) is 4.99 Å². The Labute approximate surface area is 148 Å². The van der Waals surface area contributed by atoms with Crippen molar-refractivity contribution in [1.29, 1.82) is 0 Å². The molecule has 1 rings (SSSR count). The summed E-state index contributed by atoms with van der Waals surface area (Å²) in [4.78, 5) is 20.3. The fraction of sp³-hybridized carbons (Fsp3) is 0.889. The molecule has 0 unspecified atom stereocenters. The molecular weight excluding hydrogens is 302 g/mol. The molecule has 6 heteroatoms. The maximum Gasteiger partial charge on any atom is 0.219 e. The SMILES string of the molecule is CCNC(=NCCCCC(C)C)NCCN1CCN(C(C)=O)CC1. The Bertz CT molecular complexity index is 376. The molecule has 1 aliphatic rings. The van der Waals surface area contributed by atoms with E-state index in [1.54, 1.807) is 6.92 Å². The molecule has 6 nitrogen and oxygen atoms in total. The molecule has 0 aliphatic carbocycles. The van der Waals surface area contributed by atoms with Crippen LogP contribution in [0.1, 0.15) is 47.0 Å². The summed E-state index contributed by atoms with van der Waals surface area (Å²) >= 11 is 0. The molecule has 1 aliphatic heterocycles. The Kier molecular flexibility index (Phi) is 10.5. The molecular formula is C18H37N5O. The van der Waals surface area contributed by atoms with Gasteiger partial charge < -0.3 is 15.5 Å². The third-order valence-corrected chi connectivity index (χ3v) is 4.34. The van der Waals surface area contributed by atoms with Crippen molar-refractivity contribution in [2.45, 2.75) is 47.0 Å². The summed E-state index contributed by atoms with van der Waals surface area (Å²) in [5, 5.41) is 6.73. The monoisotopic (exact) mass is 339 g/mol. The summed E-state index contributed by atoms with van der Waals surface area (Å²) < 4.78 is 0. The summed E-state index contributed by atoms with van der Waals surface area (Å²) in [5.74, 6) is 1.89. The van der Waals surface area contributed by atoms with Gasteiger partial charge in [0.25, 0.3) is 0 Å². The number of amides is 1. The zero-order chi connectivity index (χ0) is 17.8.